The maximum absolute atomic E-state index is 13.2. The summed E-state index contributed by atoms with van der Waals surface area (Å²) in [6.07, 6.45) is 0. The van der Waals surface area contributed by atoms with Crippen LogP contribution in [0.25, 0.3) is 0 Å². The van der Waals surface area contributed by atoms with Crippen LogP contribution in [0.15, 0.2) is 53.0 Å². The summed E-state index contributed by atoms with van der Waals surface area (Å²) in [5, 5.41) is 2.81. The second-order valence-corrected chi connectivity index (χ2v) is 7.65. The zero-order valence-electron chi connectivity index (χ0n) is 16.1. The number of carbonyl (C=O) groups excluding carboxylic acids is 2. The zero-order chi connectivity index (χ0) is 20.7. The van der Waals surface area contributed by atoms with Crippen molar-refractivity contribution < 1.29 is 18.7 Å². The van der Waals surface area contributed by atoms with Crippen LogP contribution in [-0.4, -0.2) is 35.4 Å². The maximum atomic E-state index is 13.2. The number of hydrogen-bond acceptors (Lipinski definition) is 3. The summed E-state index contributed by atoms with van der Waals surface area (Å²) in [7, 11) is 0. The van der Waals surface area contributed by atoms with Gasteiger partial charge < -0.3 is 15.0 Å². The Balaban J connectivity index is 2.12. The van der Waals surface area contributed by atoms with Crippen molar-refractivity contribution >= 4 is 27.7 Å². The fraction of sp³-hybridized carbons (Fsp3) is 0.333. The molecule has 0 bridgehead atoms. The molecule has 0 heterocycles. The fourth-order valence-corrected chi connectivity index (χ4v) is 2.80. The highest BCUT2D eigenvalue weighted by atomic mass is 79.9. The van der Waals surface area contributed by atoms with E-state index in [-0.39, 0.29) is 36.8 Å². The van der Waals surface area contributed by atoms with Crippen LogP contribution in [0.4, 0.5) is 4.39 Å². The van der Waals surface area contributed by atoms with Crippen LogP contribution in [0, 0.1) is 5.82 Å². The summed E-state index contributed by atoms with van der Waals surface area (Å²) in [6, 6.07) is 12.2. The van der Waals surface area contributed by atoms with Crippen LogP contribution in [0.1, 0.15) is 26.3 Å². The Labute approximate surface area is 173 Å². The third-order valence-electron chi connectivity index (χ3n) is 4.04. The van der Waals surface area contributed by atoms with Gasteiger partial charge in [0.15, 0.2) is 6.61 Å². The average Bonchev–Trinajstić information content (AvgIpc) is 2.65. The maximum Gasteiger partial charge on any atom is 0.261 e. The number of hydrogen-bond donors (Lipinski definition) is 1. The molecule has 2 aromatic rings. The Morgan fingerprint density at radius 3 is 2.25 bits per heavy atom. The molecule has 1 N–H and O–H groups in total. The minimum absolute atomic E-state index is 0.0447. The zero-order valence-corrected chi connectivity index (χ0v) is 17.7. The molecule has 5 nitrogen and oxygen atoms in total. The van der Waals surface area contributed by atoms with Crippen molar-refractivity contribution in [2.45, 2.75) is 39.4 Å². The Hall–Kier alpha value is -2.41. The number of amides is 2. The molecule has 2 rings (SSSR count). The molecule has 0 spiro atoms. The minimum Gasteiger partial charge on any atom is -0.484 e. The van der Waals surface area contributed by atoms with E-state index in [1.165, 1.54) is 17.0 Å². The van der Waals surface area contributed by atoms with Crippen molar-refractivity contribution in [2.24, 2.45) is 0 Å². The molecule has 0 fully saturated rings. The molecule has 0 aromatic heterocycles. The second-order valence-electron chi connectivity index (χ2n) is 6.73. The van der Waals surface area contributed by atoms with Crippen molar-refractivity contribution in [3.8, 4) is 5.75 Å². The normalized spacial score (nSPS) is 11.8. The average molecular weight is 451 g/mol. The van der Waals surface area contributed by atoms with E-state index in [0.29, 0.717) is 5.75 Å². The number of halogens is 2. The molecule has 0 unspecified atom stereocenters. The lowest BCUT2D eigenvalue weighted by atomic mass is 10.1. The van der Waals surface area contributed by atoms with E-state index in [4.69, 9.17) is 4.74 Å². The molecule has 0 saturated carbocycles. The number of benzene rings is 2. The molecule has 1 atom stereocenters. The molecule has 0 saturated heterocycles. The highest BCUT2D eigenvalue weighted by molar-refractivity contribution is 9.10. The van der Waals surface area contributed by atoms with Crippen LogP contribution in [0.5, 0.6) is 5.75 Å². The Bertz CT molecular complexity index is 794. The van der Waals surface area contributed by atoms with E-state index >= 15 is 0 Å². The molecule has 2 amide bonds. The van der Waals surface area contributed by atoms with Gasteiger partial charge in [-0.1, -0.05) is 28.1 Å². The van der Waals surface area contributed by atoms with Crippen LogP contribution in [0.2, 0.25) is 0 Å². The van der Waals surface area contributed by atoms with Crippen LogP contribution >= 0.6 is 15.9 Å². The molecule has 150 valence electrons. The first kappa shape index (κ1) is 21.9. The Kier molecular flexibility index (Phi) is 7.99. The number of nitrogens with zero attached hydrogens (tertiary/aromatic N) is 1. The predicted molar refractivity (Wildman–Crippen MR) is 109 cm³/mol. The monoisotopic (exact) mass is 450 g/mol. The van der Waals surface area contributed by atoms with Gasteiger partial charge in [-0.15, -0.1) is 0 Å². The predicted octanol–water partition coefficient (Wildman–Crippen LogP) is 3.91. The van der Waals surface area contributed by atoms with Crippen LogP contribution < -0.4 is 10.1 Å². The number of carbonyl (C=O) groups is 2. The van der Waals surface area contributed by atoms with E-state index < -0.39 is 6.04 Å². The number of ether oxygens (including phenoxy) is 1. The Morgan fingerprint density at radius 1 is 1.07 bits per heavy atom. The molecule has 7 heteroatoms. The summed E-state index contributed by atoms with van der Waals surface area (Å²) in [4.78, 5) is 26.7. The van der Waals surface area contributed by atoms with E-state index in [1.807, 2.05) is 26.0 Å². The van der Waals surface area contributed by atoms with E-state index in [2.05, 4.69) is 21.2 Å². The van der Waals surface area contributed by atoms with Gasteiger partial charge in [0.25, 0.3) is 5.91 Å². The molecule has 0 aliphatic heterocycles. The lowest BCUT2D eigenvalue weighted by molar-refractivity contribution is -0.142. The molecular weight excluding hydrogens is 427 g/mol. The summed E-state index contributed by atoms with van der Waals surface area (Å²) >= 11 is 3.34. The SMILES string of the molecule is CC(C)NC(=O)[C@@H](C)N(Cc1ccc(F)cc1)C(=O)COc1ccc(Br)cc1. The van der Waals surface area contributed by atoms with E-state index in [0.717, 1.165) is 10.0 Å². The molecule has 28 heavy (non-hydrogen) atoms. The summed E-state index contributed by atoms with van der Waals surface area (Å²) in [5.41, 5.74) is 0.725. The molecule has 0 aliphatic rings. The third-order valence-corrected chi connectivity index (χ3v) is 4.57. The first-order chi connectivity index (χ1) is 13.3. The van der Waals surface area contributed by atoms with Crippen molar-refractivity contribution in [2.75, 3.05) is 6.61 Å². The fourth-order valence-electron chi connectivity index (χ4n) is 2.53. The van der Waals surface area contributed by atoms with Gasteiger partial charge in [0.05, 0.1) is 0 Å². The first-order valence-electron chi connectivity index (χ1n) is 8.99. The first-order valence-corrected chi connectivity index (χ1v) is 9.78. The topological polar surface area (TPSA) is 58.6 Å². The van der Waals surface area contributed by atoms with Crippen molar-refractivity contribution in [3.05, 3.63) is 64.4 Å². The van der Waals surface area contributed by atoms with Gasteiger partial charge in [0.2, 0.25) is 5.91 Å². The molecule has 2 aromatic carbocycles. The van der Waals surface area contributed by atoms with E-state index in [9.17, 15) is 14.0 Å². The number of rotatable bonds is 8. The quantitative estimate of drug-likeness (QED) is 0.662. The summed E-state index contributed by atoms with van der Waals surface area (Å²) < 4.78 is 19.7. The standard InChI is InChI=1S/C21H24BrFN2O3/c1-14(2)24-21(27)15(3)25(12-16-4-8-18(23)9-5-16)20(26)13-28-19-10-6-17(22)7-11-19/h4-11,14-15H,12-13H2,1-3H3,(H,24,27)/t15-/m1/s1. The van der Waals surface area contributed by atoms with Gasteiger partial charge in [0, 0.05) is 17.1 Å². The lowest BCUT2D eigenvalue weighted by Gasteiger charge is -2.29. The smallest absolute Gasteiger partial charge is 0.261 e. The highest BCUT2D eigenvalue weighted by Gasteiger charge is 2.26. The van der Waals surface area contributed by atoms with Crippen molar-refractivity contribution in [1.29, 1.82) is 0 Å². The van der Waals surface area contributed by atoms with Gasteiger partial charge in [-0.05, 0) is 62.7 Å². The van der Waals surface area contributed by atoms with Crippen molar-refractivity contribution in [3.63, 3.8) is 0 Å². The van der Waals surface area contributed by atoms with Crippen LogP contribution in [-0.2, 0) is 16.1 Å². The van der Waals surface area contributed by atoms with E-state index in [1.54, 1.807) is 31.2 Å². The van der Waals surface area contributed by atoms with Gasteiger partial charge in [-0.2, -0.15) is 0 Å². The summed E-state index contributed by atoms with van der Waals surface area (Å²) in [6.45, 7) is 5.34. The molecule has 0 radical (unpaired) electrons. The number of nitrogens with one attached hydrogen (secondary N) is 1. The largest absolute Gasteiger partial charge is 0.484 e. The van der Waals surface area contributed by atoms with Gasteiger partial charge in [-0.25, -0.2) is 4.39 Å². The minimum atomic E-state index is -0.700. The second kappa shape index (κ2) is 10.2. The molecule has 0 aliphatic carbocycles. The van der Waals surface area contributed by atoms with Crippen molar-refractivity contribution in [1.82, 2.24) is 10.2 Å². The molecular formula is C21H24BrFN2O3. The van der Waals surface area contributed by atoms with Gasteiger partial charge in [0.1, 0.15) is 17.6 Å². The van der Waals surface area contributed by atoms with Gasteiger partial charge >= 0.3 is 0 Å². The lowest BCUT2D eigenvalue weighted by Crippen LogP contribution is -2.50. The highest BCUT2D eigenvalue weighted by Crippen LogP contribution is 2.17. The Morgan fingerprint density at radius 2 is 1.68 bits per heavy atom. The van der Waals surface area contributed by atoms with Crippen LogP contribution in [0.3, 0.4) is 0 Å². The summed E-state index contributed by atoms with van der Waals surface area (Å²) in [5.74, 6) is -0.392. The van der Waals surface area contributed by atoms with Gasteiger partial charge in [-0.3, -0.25) is 9.59 Å². The third kappa shape index (κ3) is 6.64.